The van der Waals surface area contributed by atoms with Gasteiger partial charge in [0.05, 0.1) is 23.3 Å². The van der Waals surface area contributed by atoms with E-state index in [1.54, 1.807) is 12.3 Å². The number of halogens is 5. The van der Waals surface area contributed by atoms with Gasteiger partial charge in [-0.1, -0.05) is 12.1 Å². The number of nitrogens with zero attached hydrogens (tertiary/aromatic N) is 8. The van der Waals surface area contributed by atoms with Crippen LogP contribution >= 0.6 is 0 Å². The molecule has 9 nitrogen and oxygen atoms in total. The Hall–Kier alpha value is -4.49. The van der Waals surface area contributed by atoms with E-state index < -0.39 is 29.6 Å². The average Bonchev–Trinajstić information content (AvgIpc) is 3.48. The summed E-state index contributed by atoms with van der Waals surface area (Å²) in [6, 6.07) is 5.05. The maximum absolute atomic E-state index is 13.7. The van der Waals surface area contributed by atoms with Crippen LogP contribution in [0.25, 0.3) is 22.3 Å². The predicted molar refractivity (Wildman–Crippen MR) is 117 cm³/mol. The molecule has 0 amide bonds. The third kappa shape index (κ3) is 3.99. The number of fused-ring (bicyclic) bond motifs is 1. The highest BCUT2D eigenvalue weighted by Crippen LogP contribution is 2.36. The van der Waals surface area contributed by atoms with E-state index in [-0.39, 0.29) is 17.1 Å². The summed E-state index contributed by atoms with van der Waals surface area (Å²) in [5.41, 5.74) is 8.56. The van der Waals surface area contributed by atoms with E-state index >= 15 is 0 Å². The van der Waals surface area contributed by atoms with Crippen molar-refractivity contribution in [1.82, 2.24) is 39.6 Å². The molecule has 0 saturated carbocycles. The lowest BCUT2D eigenvalue weighted by Crippen LogP contribution is -2.10. The lowest BCUT2D eigenvalue weighted by Gasteiger charge is -2.11. The zero-order valence-electron chi connectivity index (χ0n) is 18.4. The summed E-state index contributed by atoms with van der Waals surface area (Å²) in [7, 11) is 0. The fourth-order valence-electron chi connectivity index (χ4n) is 3.93. The number of anilines is 1. The number of hydrogen-bond donors (Lipinski definition) is 1. The van der Waals surface area contributed by atoms with Gasteiger partial charge in [0.15, 0.2) is 17.5 Å². The van der Waals surface area contributed by atoms with Crippen molar-refractivity contribution in [2.75, 3.05) is 5.73 Å². The number of aromatic nitrogens is 8. The third-order valence-corrected chi connectivity index (χ3v) is 5.63. The third-order valence-electron chi connectivity index (χ3n) is 5.63. The molecule has 0 radical (unpaired) electrons. The Morgan fingerprint density at radius 2 is 1.78 bits per heavy atom. The number of nitrogen functional groups attached to an aromatic ring is 1. The highest BCUT2D eigenvalue weighted by Gasteiger charge is 2.34. The van der Waals surface area contributed by atoms with Crippen molar-refractivity contribution in [3.8, 4) is 16.8 Å². The zero-order valence-corrected chi connectivity index (χ0v) is 18.4. The molecule has 0 aliphatic rings. The van der Waals surface area contributed by atoms with Crippen LogP contribution in [0.15, 0.2) is 49.2 Å². The minimum absolute atomic E-state index is 0.103. The van der Waals surface area contributed by atoms with Gasteiger partial charge < -0.3 is 5.73 Å². The molecule has 0 bridgehead atoms. The van der Waals surface area contributed by atoms with Crippen LogP contribution in [0.5, 0.6) is 0 Å². The van der Waals surface area contributed by atoms with Gasteiger partial charge in [0.1, 0.15) is 11.8 Å². The number of hydrogen-bond acceptors (Lipinski definition) is 7. The Morgan fingerprint density at radius 1 is 1.03 bits per heavy atom. The van der Waals surface area contributed by atoms with Gasteiger partial charge in [-0.15, -0.1) is 5.10 Å². The van der Waals surface area contributed by atoms with E-state index in [1.807, 2.05) is 6.92 Å². The summed E-state index contributed by atoms with van der Waals surface area (Å²) in [6.07, 6.45) is 0.787. The lowest BCUT2D eigenvalue weighted by molar-refractivity contribution is -0.144. The fraction of sp³-hybridized carbons (Fsp3) is 0.182. The van der Waals surface area contributed by atoms with E-state index in [0.717, 1.165) is 24.5 Å². The van der Waals surface area contributed by atoms with Crippen LogP contribution in [0.4, 0.5) is 27.8 Å². The van der Waals surface area contributed by atoms with Crippen LogP contribution in [0.2, 0.25) is 0 Å². The first-order valence-corrected chi connectivity index (χ1v) is 10.6. The van der Waals surface area contributed by atoms with Crippen LogP contribution in [0.1, 0.15) is 36.5 Å². The Balaban J connectivity index is 1.60. The Kier molecular flexibility index (Phi) is 5.57. The maximum Gasteiger partial charge on any atom is 0.451 e. The predicted octanol–water partition coefficient (Wildman–Crippen LogP) is 4.19. The van der Waals surface area contributed by atoms with Gasteiger partial charge in [-0.2, -0.15) is 18.3 Å². The summed E-state index contributed by atoms with van der Waals surface area (Å²) in [5, 5.41) is 12.5. The molecule has 0 spiro atoms. The van der Waals surface area contributed by atoms with Crippen molar-refractivity contribution in [3.05, 3.63) is 78.0 Å². The second-order valence-corrected chi connectivity index (χ2v) is 7.83. The van der Waals surface area contributed by atoms with Crippen LogP contribution in [-0.2, 0) is 6.18 Å². The second-order valence-electron chi connectivity index (χ2n) is 7.83. The lowest BCUT2D eigenvalue weighted by atomic mass is 9.98. The molecule has 0 fully saturated rings. The number of nitrogens with two attached hydrogens (primary N) is 1. The number of alkyl halides is 3. The number of benzene rings is 1. The molecule has 4 aromatic heterocycles. The Labute approximate surface area is 199 Å². The van der Waals surface area contributed by atoms with Crippen LogP contribution in [-0.4, -0.2) is 39.6 Å². The quantitative estimate of drug-likeness (QED) is 0.360. The van der Waals surface area contributed by atoms with Crippen LogP contribution in [0, 0.1) is 11.6 Å². The molecular weight excluding hydrogens is 485 g/mol. The molecule has 14 heteroatoms. The Bertz CT molecular complexity index is 1560. The van der Waals surface area contributed by atoms with Gasteiger partial charge in [-0.25, -0.2) is 32.9 Å². The molecule has 5 rings (SSSR count). The van der Waals surface area contributed by atoms with E-state index in [1.165, 1.54) is 21.6 Å². The van der Waals surface area contributed by atoms with Crippen LogP contribution < -0.4 is 5.73 Å². The molecule has 4 heterocycles. The van der Waals surface area contributed by atoms with Gasteiger partial charge in [-0.05, 0) is 24.6 Å². The molecule has 0 saturated heterocycles. The van der Waals surface area contributed by atoms with Crippen molar-refractivity contribution in [2.45, 2.75) is 25.4 Å². The van der Waals surface area contributed by atoms with E-state index in [2.05, 4.69) is 30.4 Å². The summed E-state index contributed by atoms with van der Waals surface area (Å²) in [6.45, 7) is 1.89. The van der Waals surface area contributed by atoms with Crippen molar-refractivity contribution < 1.29 is 22.0 Å². The van der Waals surface area contributed by atoms with Gasteiger partial charge in [0, 0.05) is 35.5 Å². The highest BCUT2D eigenvalue weighted by atomic mass is 19.4. The first kappa shape index (κ1) is 23.3. The molecular formula is C22H16F5N9. The van der Waals surface area contributed by atoms with Crippen molar-refractivity contribution in [1.29, 1.82) is 0 Å². The molecule has 0 aliphatic carbocycles. The SMILES string of the molecule is CCC(c1cn(-c2ccc(F)c(F)c2)nn1)c1cc(-c2cnc(C(F)(F)F)nc2)c2c(N)ncnn12. The standard InChI is InChI=1S/C22H16F5N9/c1-2-13(17-9-35(34-33-17)12-3-4-15(23)16(24)5-12)18-6-14(19-20(28)31-10-32-36(18)19)11-7-29-21(30-8-11)22(25,26)27/h3-10,13H,2H2,1H3,(H2,28,31,32). The smallest absolute Gasteiger partial charge is 0.382 e. The van der Waals surface area contributed by atoms with Gasteiger partial charge in [0.25, 0.3) is 0 Å². The van der Waals surface area contributed by atoms with Gasteiger partial charge in [0.2, 0.25) is 5.82 Å². The minimum Gasteiger partial charge on any atom is -0.382 e. The maximum atomic E-state index is 13.7. The summed E-state index contributed by atoms with van der Waals surface area (Å²) >= 11 is 0. The molecule has 0 aliphatic heterocycles. The normalized spacial score (nSPS) is 12.8. The van der Waals surface area contributed by atoms with Crippen molar-refractivity contribution in [3.63, 3.8) is 0 Å². The van der Waals surface area contributed by atoms with Gasteiger partial charge in [-0.3, -0.25) is 0 Å². The molecule has 184 valence electrons. The van der Waals surface area contributed by atoms with Crippen molar-refractivity contribution in [2.24, 2.45) is 0 Å². The Morgan fingerprint density at radius 3 is 2.44 bits per heavy atom. The van der Waals surface area contributed by atoms with E-state index in [9.17, 15) is 22.0 Å². The highest BCUT2D eigenvalue weighted by molar-refractivity contribution is 5.88. The minimum atomic E-state index is -4.68. The summed E-state index contributed by atoms with van der Waals surface area (Å²) < 4.78 is 68.6. The topological polar surface area (TPSA) is 113 Å². The number of rotatable bonds is 5. The molecule has 1 atom stereocenters. The van der Waals surface area contributed by atoms with E-state index in [4.69, 9.17) is 5.73 Å². The second kappa shape index (κ2) is 8.62. The largest absolute Gasteiger partial charge is 0.451 e. The zero-order chi connectivity index (χ0) is 25.6. The first-order chi connectivity index (χ1) is 17.2. The van der Waals surface area contributed by atoms with Gasteiger partial charge >= 0.3 is 6.18 Å². The van der Waals surface area contributed by atoms with Crippen molar-refractivity contribution >= 4 is 11.3 Å². The molecule has 1 unspecified atom stereocenters. The summed E-state index contributed by atoms with van der Waals surface area (Å²) in [4.78, 5) is 10.9. The molecule has 1 aromatic carbocycles. The molecule has 2 N–H and O–H groups in total. The first-order valence-electron chi connectivity index (χ1n) is 10.6. The molecule has 36 heavy (non-hydrogen) atoms. The van der Waals surface area contributed by atoms with Crippen LogP contribution in [0.3, 0.4) is 0 Å². The molecule has 5 aromatic rings. The monoisotopic (exact) mass is 501 g/mol. The summed E-state index contributed by atoms with van der Waals surface area (Å²) in [5.74, 6) is -3.56. The van der Waals surface area contributed by atoms with E-state index in [0.29, 0.717) is 28.9 Å². The average molecular weight is 501 g/mol. The fourth-order valence-corrected chi connectivity index (χ4v) is 3.93.